The SMILES string of the molecule is Cc1cc([C@@H](C)Nc2ccc(Cl)nc2C(=O)O)c2oc(-c3cnn(C)c3)c(C)c(=O)c2c1. The Balaban J connectivity index is 1.88. The third-order valence-corrected chi connectivity index (χ3v) is 5.47. The number of aromatic carboxylic acids is 1. The van der Waals surface area contributed by atoms with Crippen LogP contribution in [0.15, 0.2) is 45.9 Å². The minimum absolute atomic E-state index is 0.0872. The summed E-state index contributed by atoms with van der Waals surface area (Å²) < 4.78 is 7.91. The summed E-state index contributed by atoms with van der Waals surface area (Å²) in [6, 6.07) is 6.39. The molecule has 4 aromatic rings. The topological polar surface area (TPSA) is 110 Å². The van der Waals surface area contributed by atoms with Crippen molar-refractivity contribution < 1.29 is 14.3 Å². The van der Waals surface area contributed by atoms with E-state index in [4.69, 9.17) is 16.0 Å². The number of anilines is 1. The minimum Gasteiger partial charge on any atom is -0.476 e. The van der Waals surface area contributed by atoms with E-state index in [1.165, 1.54) is 6.07 Å². The second kappa shape index (κ2) is 8.12. The normalized spacial score (nSPS) is 12.2. The lowest BCUT2D eigenvalue weighted by Gasteiger charge is -2.19. The van der Waals surface area contributed by atoms with Gasteiger partial charge in [0.2, 0.25) is 0 Å². The number of fused-ring (bicyclic) bond motifs is 1. The van der Waals surface area contributed by atoms with Gasteiger partial charge in [-0.1, -0.05) is 17.7 Å². The molecule has 0 aliphatic rings. The third-order valence-electron chi connectivity index (χ3n) is 5.26. The van der Waals surface area contributed by atoms with Gasteiger partial charge >= 0.3 is 5.97 Å². The molecular weight excluding hydrogens is 432 g/mol. The molecule has 164 valence electrons. The van der Waals surface area contributed by atoms with E-state index in [2.05, 4.69) is 15.4 Å². The fourth-order valence-electron chi connectivity index (χ4n) is 3.73. The lowest BCUT2D eigenvalue weighted by atomic mass is 9.99. The lowest BCUT2D eigenvalue weighted by Crippen LogP contribution is -2.14. The summed E-state index contributed by atoms with van der Waals surface area (Å²) >= 11 is 5.86. The van der Waals surface area contributed by atoms with Gasteiger partial charge in [0.05, 0.1) is 28.9 Å². The first kappa shape index (κ1) is 21.6. The van der Waals surface area contributed by atoms with Crippen LogP contribution in [0.25, 0.3) is 22.3 Å². The van der Waals surface area contributed by atoms with E-state index in [0.717, 1.165) is 5.56 Å². The maximum absolute atomic E-state index is 13.2. The summed E-state index contributed by atoms with van der Waals surface area (Å²) in [6.45, 7) is 5.49. The van der Waals surface area contributed by atoms with E-state index in [1.807, 2.05) is 19.9 Å². The Labute approximate surface area is 188 Å². The van der Waals surface area contributed by atoms with Crippen LogP contribution in [0.4, 0.5) is 5.69 Å². The first-order valence-electron chi connectivity index (χ1n) is 9.89. The number of nitrogens with one attached hydrogen (secondary N) is 1. The molecule has 0 spiro atoms. The number of pyridine rings is 1. The lowest BCUT2D eigenvalue weighted by molar-refractivity contribution is 0.0691. The molecule has 0 fully saturated rings. The van der Waals surface area contributed by atoms with E-state index >= 15 is 0 Å². The van der Waals surface area contributed by atoms with Gasteiger partial charge in [-0.2, -0.15) is 5.10 Å². The summed E-state index contributed by atoms with van der Waals surface area (Å²) in [5.74, 6) is -0.746. The minimum atomic E-state index is -1.20. The van der Waals surface area contributed by atoms with E-state index in [1.54, 1.807) is 43.2 Å². The van der Waals surface area contributed by atoms with Crippen LogP contribution < -0.4 is 10.7 Å². The molecule has 0 saturated heterocycles. The monoisotopic (exact) mass is 452 g/mol. The number of aromatic nitrogens is 3. The van der Waals surface area contributed by atoms with Crippen molar-refractivity contribution in [2.75, 3.05) is 5.32 Å². The highest BCUT2D eigenvalue weighted by Gasteiger charge is 2.21. The predicted molar refractivity (Wildman–Crippen MR) is 122 cm³/mol. The molecule has 8 nitrogen and oxygen atoms in total. The average molecular weight is 453 g/mol. The van der Waals surface area contributed by atoms with E-state index in [-0.39, 0.29) is 16.3 Å². The number of benzene rings is 1. The second-order valence-electron chi connectivity index (χ2n) is 7.72. The number of carboxylic acids is 1. The molecule has 9 heteroatoms. The van der Waals surface area contributed by atoms with E-state index in [9.17, 15) is 14.7 Å². The van der Waals surface area contributed by atoms with Crippen LogP contribution in [0, 0.1) is 13.8 Å². The number of hydrogen-bond donors (Lipinski definition) is 2. The Morgan fingerprint density at radius 1 is 1.28 bits per heavy atom. The number of halogens is 1. The van der Waals surface area contributed by atoms with Crippen LogP contribution in [0.5, 0.6) is 0 Å². The standard InChI is InChI=1S/C23H21ClN4O4/c1-11-7-15(13(3)26-17-5-6-18(24)27-19(17)23(30)31)22-16(8-11)20(29)12(2)21(32-22)14-9-25-28(4)10-14/h5-10,13,26H,1-4H3,(H,30,31)/t13-/m1/s1. The van der Waals surface area contributed by atoms with Gasteiger partial charge in [-0.25, -0.2) is 9.78 Å². The second-order valence-corrected chi connectivity index (χ2v) is 8.11. The molecule has 3 heterocycles. The number of carbonyl (C=O) groups is 1. The highest BCUT2D eigenvalue weighted by Crippen LogP contribution is 2.32. The zero-order valence-corrected chi connectivity index (χ0v) is 18.7. The van der Waals surface area contributed by atoms with Crippen LogP contribution in [-0.4, -0.2) is 25.8 Å². The fraction of sp³-hybridized carbons (Fsp3) is 0.217. The summed E-state index contributed by atoms with van der Waals surface area (Å²) in [5, 5.41) is 17.4. The first-order chi connectivity index (χ1) is 15.2. The summed E-state index contributed by atoms with van der Waals surface area (Å²) in [4.78, 5) is 28.7. The Kier molecular flexibility index (Phi) is 5.48. The molecule has 0 unspecified atom stereocenters. The Morgan fingerprint density at radius 2 is 2.03 bits per heavy atom. The van der Waals surface area contributed by atoms with Crippen molar-refractivity contribution in [2.24, 2.45) is 7.05 Å². The van der Waals surface area contributed by atoms with Gasteiger partial charge in [0.25, 0.3) is 0 Å². The van der Waals surface area contributed by atoms with Crippen molar-refractivity contribution in [3.63, 3.8) is 0 Å². The quantitative estimate of drug-likeness (QED) is 0.421. The zero-order chi connectivity index (χ0) is 23.2. The summed E-state index contributed by atoms with van der Waals surface area (Å²) in [6.07, 6.45) is 3.43. The fourth-order valence-corrected chi connectivity index (χ4v) is 3.88. The van der Waals surface area contributed by atoms with Gasteiger partial charge in [0.1, 0.15) is 16.5 Å². The molecule has 1 atom stereocenters. The Hall–Kier alpha value is -3.65. The zero-order valence-electron chi connectivity index (χ0n) is 17.9. The van der Waals surface area contributed by atoms with Crippen molar-refractivity contribution in [3.8, 4) is 11.3 Å². The molecular formula is C23H21ClN4O4. The molecule has 4 rings (SSSR count). The van der Waals surface area contributed by atoms with Gasteiger partial charge in [-0.3, -0.25) is 9.48 Å². The molecule has 1 aromatic carbocycles. The number of carboxylic acid groups (broad SMARTS) is 1. The van der Waals surface area contributed by atoms with Crippen LogP contribution in [0.2, 0.25) is 5.15 Å². The van der Waals surface area contributed by atoms with E-state index in [0.29, 0.717) is 39.1 Å². The molecule has 0 bridgehead atoms. The number of rotatable bonds is 5. The molecule has 2 N–H and O–H groups in total. The largest absolute Gasteiger partial charge is 0.476 e. The molecule has 0 aliphatic heterocycles. The highest BCUT2D eigenvalue weighted by molar-refractivity contribution is 6.29. The molecule has 0 saturated carbocycles. The average Bonchev–Trinajstić information content (AvgIpc) is 3.17. The summed E-state index contributed by atoms with van der Waals surface area (Å²) in [7, 11) is 1.79. The number of nitrogens with zero attached hydrogens (tertiary/aromatic N) is 3. The van der Waals surface area contributed by atoms with Crippen molar-refractivity contribution in [2.45, 2.75) is 26.8 Å². The van der Waals surface area contributed by atoms with Crippen LogP contribution in [0.3, 0.4) is 0 Å². The maximum Gasteiger partial charge on any atom is 0.356 e. The number of aryl methyl sites for hydroxylation is 2. The Morgan fingerprint density at radius 3 is 2.69 bits per heavy atom. The van der Waals surface area contributed by atoms with Crippen LogP contribution in [0.1, 0.15) is 40.1 Å². The van der Waals surface area contributed by atoms with Crippen molar-refractivity contribution in [1.82, 2.24) is 14.8 Å². The van der Waals surface area contributed by atoms with Crippen LogP contribution >= 0.6 is 11.6 Å². The molecule has 0 aliphatic carbocycles. The first-order valence-corrected chi connectivity index (χ1v) is 10.3. The van der Waals surface area contributed by atoms with Crippen LogP contribution in [-0.2, 0) is 7.05 Å². The van der Waals surface area contributed by atoms with Crippen molar-refractivity contribution >= 4 is 34.2 Å². The van der Waals surface area contributed by atoms with Gasteiger partial charge < -0.3 is 14.8 Å². The van der Waals surface area contributed by atoms with Gasteiger partial charge in [0, 0.05) is 24.4 Å². The molecule has 3 aromatic heterocycles. The summed E-state index contributed by atoms with van der Waals surface area (Å²) in [5.41, 5.74) is 3.23. The smallest absolute Gasteiger partial charge is 0.356 e. The maximum atomic E-state index is 13.2. The highest BCUT2D eigenvalue weighted by atomic mass is 35.5. The molecule has 0 radical (unpaired) electrons. The molecule has 32 heavy (non-hydrogen) atoms. The third kappa shape index (κ3) is 3.85. The number of hydrogen-bond acceptors (Lipinski definition) is 6. The van der Waals surface area contributed by atoms with Gasteiger partial charge in [-0.15, -0.1) is 0 Å². The Bertz CT molecular complexity index is 1420. The molecule has 0 amide bonds. The van der Waals surface area contributed by atoms with E-state index < -0.39 is 12.0 Å². The van der Waals surface area contributed by atoms with Crippen molar-refractivity contribution in [3.05, 3.63) is 74.4 Å². The van der Waals surface area contributed by atoms with Gasteiger partial charge in [-0.05, 0) is 44.5 Å². The van der Waals surface area contributed by atoms with Gasteiger partial charge in [0.15, 0.2) is 11.1 Å². The predicted octanol–water partition coefficient (Wildman–Crippen LogP) is 4.73. The van der Waals surface area contributed by atoms with Crippen molar-refractivity contribution in [1.29, 1.82) is 0 Å².